The van der Waals surface area contributed by atoms with Gasteiger partial charge in [0.15, 0.2) is 0 Å². The standard InChI is InChI=1S/C21H13Cl2NO/c22-18-6-3-5-17(21(18)23)20-13-12-16(25-20)11-10-15-9-8-14-4-1-2-7-19(14)24-15/h1-13H. The van der Waals surface area contributed by atoms with Crippen LogP contribution in [0.1, 0.15) is 11.5 Å². The first-order chi connectivity index (χ1) is 12.2. The molecule has 0 aliphatic rings. The predicted molar refractivity (Wildman–Crippen MR) is 105 cm³/mol. The van der Waals surface area contributed by atoms with E-state index in [0.717, 1.165) is 27.9 Å². The van der Waals surface area contributed by atoms with Gasteiger partial charge in [0.1, 0.15) is 11.5 Å². The van der Waals surface area contributed by atoms with Crippen LogP contribution in [0.25, 0.3) is 34.4 Å². The molecule has 25 heavy (non-hydrogen) atoms. The maximum absolute atomic E-state index is 6.25. The van der Waals surface area contributed by atoms with Gasteiger partial charge in [-0.2, -0.15) is 0 Å². The molecule has 2 heterocycles. The third-order valence-electron chi connectivity index (χ3n) is 3.88. The van der Waals surface area contributed by atoms with Gasteiger partial charge in [-0.25, -0.2) is 4.98 Å². The number of halogens is 2. The highest BCUT2D eigenvalue weighted by molar-refractivity contribution is 6.43. The Bertz CT molecular complexity index is 1080. The second kappa shape index (κ2) is 6.75. The molecular weight excluding hydrogens is 353 g/mol. The van der Waals surface area contributed by atoms with Crippen molar-refractivity contribution in [1.29, 1.82) is 0 Å². The van der Waals surface area contributed by atoms with Crippen molar-refractivity contribution in [2.75, 3.05) is 0 Å². The average Bonchev–Trinajstić information content (AvgIpc) is 3.11. The molecule has 0 amide bonds. The molecule has 0 radical (unpaired) electrons. The van der Waals surface area contributed by atoms with Crippen LogP contribution in [-0.4, -0.2) is 4.98 Å². The van der Waals surface area contributed by atoms with Gasteiger partial charge < -0.3 is 4.42 Å². The van der Waals surface area contributed by atoms with E-state index in [-0.39, 0.29) is 0 Å². The number of pyridine rings is 1. The topological polar surface area (TPSA) is 26.0 Å². The number of aromatic nitrogens is 1. The summed E-state index contributed by atoms with van der Waals surface area (Å²) in [5.41, 5.74) is 2.62. The van der Waals surface area contributed by atoms with Gasteiger partial charge in [-0.1, -0.05) is 53.5 Å². The Labute approximate surface area is 155 Å². The molecule has 4 heteroatoms. The van der Waals surface area contributed by atoms with Crippen LogP contribution in [0.4, 0.5) is 0 Å². The van der Waals surface area contributed by atoms with Crippen molar-refractivity contribution in [3.05, 3.63) is 88.2 Å². The Morgan fingerprint density at radius 1 is 0.800 bits per heavy atom. The minimum Gasteiger partial charge on any atom is -0.457 e. The lowest BCUT2D eigenvalue weighted by Crippen LogP contribution is -1.82. The largest absolute Gasteiger partial charge is 0.457 e. The molecule has 122 valence electrons. The normalized spacial score (nSPS) is 11.4. The Morgan fingerprint density at radius 2 is 1.68 bits per heavy atom. The minimum atomic E-state index is 0.491. The van der Waals surface area contributed by atoms with Crippen LogP contribution in [0.5, 0.6) is 0 Å². The summed E-state index contributed by atoms with van der Waals surface area (Å²) in [6.07, 6.45) is 3.81. The highest BCUT2D eigenvalue weighted by Gasteiger charge is 2.10. The van der Waals surface area contributed by atoms with Crippen LogP contribution >= 0.6 is 23.2 Å². The molecular formula is C21H13Cl2NO. The SMILES string of the molecule is Clc1cccc(-c2ccc(C=Cc3ccc4ccccc4n3)o2)c1Cl. The molecule has 0 spiro atoms. The Morgan fingerprint density at radius 3 is 2.60 bits per heavy atom. The van der Waals surface area contributed by atoms with Gasteiger partial charge >= 0.3 is 0 Å². The minimum absolute atomic E-state index is 0.491. The van der Waals surface area contributed by atoms with Gasteiger partial charge in [0.05, 0.1) is 21.3 Å². The van der Waals surface area contributed by atoms with E-state index in [0.29, 0.717) is 15.8 Å². The summed E-state index contributed by atoms with van der Waals surface area (Å²) in [6, 6.07) is 21.3. The quantitative estimate of drug-likeness (QED) is 0.391. The second-order valence-electron chi connectivity index (χ2n) is 5.57. The number of rotatable bonds is 3. The van der Waals surface area contributed by atoms with E-state index in [1.165, 1.54) is 0 Å². The maximum atomic E-state index is 6.25. The number of furan rings is 1. The summed E-state index contributed by atoms with van der Waals surface area (Å²) < 4.78 is 5.86. The Hall–Kier alpha value is -2.55. The lowest BCUT2D eigenvalue weighted by Gasteiger charge is -2.01. The fourth-order valence-electron chi connectivity index (χ4n) is 2.62. The van der Waals surface area contributed by atoms with Gasteiger partial charge in [-0.05, 0) is 48.6 Å². The van der Waals surface area contributed by atoms with E-state index in [1.807, 2.05) is 66.7 Å². The fourth-order valence-corrected chi connectivity index (χ4v) is 3.02. The van der Waals surface area contributed by atoms with E-state index in [9.17, 15) is 0 Å². The van der Waals surface area contributed by atoms with Gasteiger partial charge in [-0.15, -0.1) is 0 Å². The summed E-state index contributed by atoms with van der Waals surface area (Å²) in [5.74, 6) is 1.40. The first-order valence-electron chi connectivity index (χ1n) is 7.79. The van der Waals surface area contributed by atoms with Crippen LogP contribution < -0.4 is 0 Å². The van der Waals surface area contributed by atoms with Crippen LogP contribution in [0.3, 0.4) is 0 Å². The van der Waals surface area contributed by atoms with Crippen molar-refractivity contribution in [3.8, 4) is 11.3 Å². The van der Waals surface area contributed by atoms with Gasteiger partial charge in [0, 0.05) is 10.9 Å². The molecule has 0 atom stereocenters. The molecule has 0 fully saturated rings. The fraction of sp³-hybridized carbons (Fsp3) is 0. The first-order valence-corrected chi connectivity index (χ1v) is 8.54. The predicted octanol–water partition coefficient (Wildman–Crippen LogP) is 6.97. The van der Waals surface area contributed by atoms with Crippen LogP contribution in [0, 0.1) is 0 Å². The van der Waals surface area contributed by atoms with Gasteiger partial charge in [0.2, 0.25) is 0 Å². The van der Waals surface area contributed by atoms with E-state index < -0.39 is 0 Å². The zero-order valence-corrected chi connectivity index (χ0v) is 14.6. The van der Waals surface area contributed by atoms with Gasteiger partial charge in [0.25, 0.3) is 0 Å². The van der Waals surface area contributed by atoms with Crippen molar-refractivity contribution < 1.29 is 4.42 Å². The number of fused-ring (bicyclic) bond motifs is 1. The Balaban J connectivity index is 1.61. The number of hydrogen-bond donors (Lipinski definition) is 0. The molecule has 0 saturated carbocycles. The molecule has 0 saturated heterocycles. The molecule has 4 aromatic rings. The first kappa shape index (κ1) is 15.9. The molecule has 0 aliphatic carbocycles. The molecule has 0 N–H and O–H groups in total. The van der Waals surface area contributed by atoms with Crippen molar-refractivity contribution in [2.45, 2.75) is 0 Å². The Kier molecular flexibility index (Phi) is 4.31. The number of benzene rings is 2. The molecule has 4 rings (SSSR count). The van der Waals surface area contributed by atoms with E-state index in [4.69, 9.17) is 27.6 Å². The van der Waals surface area contributed by atoms with Gasteiger partial charge in [-0.3, -0.25) is 0 Å². The third kappa shape index (κ3) is 3.32. The van der Waals surface area contributed by atoms with Crippen molar-refractivity contribution in [2.24, 2.45) is 0 Å². The monoisotopic (exact) mass is 365 g/mol. The molecule has 2 aromatic carbocycles. The highest BCUT2D eigenvalue weighted by Crippen LogP contribution is 2.34. The van der Waals surface area contributed by atoms with Crippen molar-refractivity contribution in [3.63, 3.8) is 0 Å². The molecule has 0 aliphatic heterocycles. The second-order valence-corrected chi connectivity index (χ2v) is 6.35. The summed E-state index contributed by atoms with van der Waals surface area (Å²) in [5, 5.41) is 2.12. The summed E-state index contributed by atoms with van der Waals surface area (Å²) in [7, 11) is 0. The summed E-state index contributed by atoms with van der Waals surface area (Å²) in [6.45, 7) is 0. The van der Waals surface area contributed by atoms with E-state index in [1.54, 1.807) is 6.07 Å². The third-order valence-corrected chi connectivity index (χ3v) is 4.70. The van der Waals surface area contributed by atoms with E-state index in [2.05, 4.69) is 11.1 Å². The van der Waals surface area contributed by atoms with Crippen LogP contribution in [0.2, 0.25) is 10.0 Å². The highest BCUT2D eigenvalue weighted by atomic mass is 35.5. The van der Waals surface area contributed by atoms with Crippen molar-refractivity contribution in [1.82, 2.24) is 4.98 Å². The molecule has 0 unspecified atom stereocenters. The number of hydrogen-bond acceptors (Lipinski definition) is 2. The summed E-state index contributed by atoms with van der Waals surface area (Å²) in [4.78, 5) is 4.61. The maximum Gasteiger partial charge on any atom is 0.136 e. The smallest absolute Gasteiger partial charge is 0.136 e. The van der Waals surface area contributed by atoms with E-state index >= 15 is 0 Å². The summed E-state index contributed by atoms with van der Waals surface area (Å²) >= 11 is 12.3. The van der Waals surface area contributed by atoms with Crippen LogP contribution in [-0.2, 0) is 0 Å². The average molecular weight is 366 g/mol. The lowest BCUT2D eigenvalue weighted by atomic mass is 10.2. The lowest BCUT2D eigenvalue weighted by molar-refractivity contribution is 0.572. The molecule has 2 nitrogen and oxygen atoms in total. The van der Waals surface area contributed by atoms with Crippen LogP contribution in [0.15, 0.2) is 71.1 Å². The molecule has 0 bridgehead atoms. The number of para-hydroxylation sites is 1. The zero-order chi connectivity index (χ0) is 17.2. The van der Waals surface area contributed by atoms with Crippen molar-refractivity contribution >= 4 is 46.3 Å². The number of nitrogens with zero attached hydrogens (tertiary/aromatic N) is 1. The molecule has 2 aromatic heterocycles. The zero-order valence-electron chi connectivity index (χ0n) is 13.1.